The van der Waals surface area contributed by atoms with Crippen LogP contribution < -0.4 is 10.5 Å². The average Bonchev–Trinajstić information content (AvgIpc) is 3.17. The van der Waals surface area contributed by atoms with Crippen LogP contribution in [0.25, 0.3) is 11.3 Å². The Morgan fingerprint density at radius 3 is 2.57 bits per heavy atom. The third-order valence-electron chi connectivity index (χ3n) is 4.15. The van der Waals surface area contributed by atoms with Gasteiger partial charge in [-0.15, -0.1) is 0 Å². The van der Waals surface area contributed by atoms with Crippen LogP contribution in [0.5, 0.6) is 5.88 Å². The molecule has 28 heavy (non-hydrogen) atoms. The van der Waals surface area contributed by atoms with Crippen molar-refractivity contribution in [1.29, 1.82) is 0 Å². The van der Waals surface area contributed by atoms with E-state index in [2.05, 4.69) is 15.1 Å². The molecule has 0 aliphatic heterocycles. The maximum Gasteiger partial charge on any atom is 0.213 e. The van der Waals surface area contributed by atoms with E-state index in [1.165, 1.54) is 12.1 Å². The van der Waals surface area contributed by atoms with Crippen LogP contribution in [0.3, 0.4) is 0 Å². The van der Waals surface area contributed by atoms with Crippen molar-refractivity contribution in [3.05, 3.63) is 89.6 Å². The van der Waals surface area contributed by atoms with Crippen molar-refractivity contribution in [2.45, 2.75) is 13.0 Å². The first kappa shape index (κ1) is 17.7. The normalized spacial score (nSPS) is 10.8. The number of nitrogens with two attached hydrogens (primary N) is 1. The highest BCUT2D eigenvalue weighted by molar-refractivity contribution is 5.69. The van der Waals surface area contributed by atoms with Gasteiger partial charge in [0.1, 0.15) is 18.2 Å². The van der Waals surface area contributed by atoms with Crippen LogP contribution in [-0.4, -0.2) is 15.1 Å². The Bertz CT molecular complexity index is 1060. The molecule has 0 bridgehead atoms. The Balaban J connectivity index is 1.38. The Hall–Kier alpha value is -3.74. The molecule has 0 aliphatic rings. The number of anilines is 1. The fourth-order valence-corrected chi connectivity index (χ4v) is 2.70. The highest BCUT2D eigenvalue weighted by atomic mass is 19.1. The van der Waals surface area contributed by atoms with Crippen molar-refractivity contribution in [3.8, 4) is 17.2 Å². The number of nitrogen functional groups attached to an aromatic ring is 1. The smallest absolute Gasteiger partial charge is 0.213 e. The second-order valence-corrected chi connectivity index (χ2v) is 6.22. The van der Waals surface area contributed by atoms with E-state index < -0.39 is 0 Å². The van der Waals surface area contributed by atoms with Crippen LogP contribution in [0.1, 0.15) is 16.8 Å². The molecule has 3 aromatic heterocycles. The van der Waals surface area contributed by atoms with E-state index in [0.717, 1.165) is 16.8 Å². The number of aromatic nitrogens is 3. The van der Waals surface area contributed by atoms with Gasteiger partial charge >= 0.3 is 0 Å². The molecular weight excluding hydrogens is 359 g/mol. The molecule has 0 saturated carbocycles. The first-order valence-electron chi connectivity index (χ1n) is 8.66. The Labute approximate surface area is 160 Å². The van der Waals surface area contributed by atoms with Crippen LogP contribution >= 0.6 is 0 Å². The summed E-state index contributed by atoms with van der Waals surface area (Å²) in [5.41, 5.74) is 9.18. The minimum absolute atomic E-state index is 0.270. The molecule has 0 fully saturated rings. The second-order valence-electron chi connectivity index (χ2n) is 6.22. The summed E-state index contributed by atoms with van der Waals surface area (Å²) in [7, 11) is 0. The van der Waals surface area contributed by atoms with Crippen LogP contribution in [0.2, 0.25) is 0 Å². The predicted octanol–water partition coefficient (Wildman–Crippen LogP) is 4.02. The predicted molar refractivity (Wildman–Crippen MR) is 102 cm³/mol. The summed E-state index contributed by atoms with van der Waals surface area (Å²) in [6.45, 7) is 0.325. The number of ether oxygens (including phenoxy) is 1. The number of halogens is 1. The monoisotopic (exact) mass is 376 g/mol. The zero-order chi connectivity index (χ0) is 19.3. The minimum Gasteiger partial charge on any atom is -0.473 e. The van der Waals surface area contributed by atoms with Crippen LogP contribution in [0.4, 0.5) is 10.2 Å². The van der Waals surface area contributed by atoms with Gasteiger partial charge in [-0.05, 0) is 35.4 Å². The number of rotatable bonds is 6. The lowest BCUT2D eigenvalue weighted by atomic mass is 10.1. The van der Waals surface area contributed by atoms with Crippen molar-refractivity contribution in [2.75, 3.05) is 5.73 Å². The van der Waals surface area contributed by atoms with Gasteiger partial charge in [0, 0.05) is 30.9 Å². The molecule has 4 rings (SSSR count). The van der Waals surface area contributed by atoms with Crippen molar-refractivity contribution in [3.63, 3.8) is 0 Å². The number of nitrogens with zero attached hydrogens (tertiary/aromatic N) is 3. The maximum atomic E-state index is 12.9. The zero-order valence-electron chi connectivity index (χ0n) is 14.9. The van der Waals surface area contributed by atoms with Gasteiger partial charge in [-0.2, -0.15) is 0 Å². The summed E-state index contributed by atoms with van der Waals surface area (Å²) in [5.74, 6) is 1.20. The fourth-order valence-electron chi connectivity index (χ4n) is 2.70. The van der Waals surface area contributed by atoms with Crippen molar-refractivity contribution in [2.24, 2.45) is 0 Å². The maximum absolute atomic E-state index is 12.9. The lowest BCUT2D eigenvalue weighted by Crippen LogP contribution is -1.98. The molecule has 0 spiro atoms. The van der Waals surface area contributed by atoms with Gasteiger partial charge in [0.05, 0.1) is 11.3 Å². The lowest BCUT2D eigenvalue weighted by molar-refractivity contribution is 0.293. The Morgan fingerprint density at radius 1 is 1.00 bits per heavy atom. The lowest BCUT2D eigenvalue weighted by Gasteiger charge is -2.06. The molecule has 1 aromatic carbocycles. The third-order valence-corrected chi connectivity index (χ3v) is 4.15. The average molecular weight is 376 g/mol. The molecule has 0 atom stereocenters. The molecule has 0 unspecified atom stereocenters. The molecule has 140 valence electrons. The molecular formula is C21H17FN4O2. The quantitative estimate of drug-likeness (QED) is 0.547. The van der Waals surface area contributed by atoms with Gasteiger partial charge in [-0.25, -0.2) is 14.4 Å². The van der Waals surface area contributed by atoms with E-state index >= 15 is 0 Å². The molecule has 3 heterocycles. The summed E-state index contributed by atoms with van der Waals surface area (Å²) in [5, 5.41) is 4.09. The number of pyridine rings is 2. The van der Waals surface area contributed by atoms with Gasteiger partial charge in [-0.1, -0.05) is 23.4 Å². The summed E-state index contributed by atoms with van der Waals surface area (Å²) in [6, 6.07) is 15.3. The molecule has 0 radical (unpaired) electrons. The highest BCUT2D eigenvalue weighted by Crippen LogP contribution is 2.25. The van der Waals surface area contributed by atoms with E-state index in [4.69, 9.17) is 15.0 Å². The van der Waals surface area contributed by atoms with Crippen molar-refractivity contribution < 1.29 is 13.7 Å². The van der Waals surface area contributed by atoms with E-state index in [1.54, 1.807) is 36.7 Å². The molecule has 6 nitrogen and oxygen atoms in total. The second kappa shape index (κ2) is 7.87. The first-order chi connectivity index (χ1) is 13.7. The zero-order valence-corrected chi connectivity index (χ0v) is 14.9. The SMILES string of the molecule is Nc1ncccc1-c1cc(Cc2ccc(OCc3ccc(F)cc3)nc2)no1. The molecule has 7 heteroatoms. The van der Waals surface area contributed by atoms with E-state index in [1.807, 2.05) is 18.2 Å². The van der Waals surface area contributed by atoms with Gasteiger partial charge in [0.2, 0.25) is 5.88 Å². The standard InChI is InChI=1S/C21H17FN4O2/c22-16-6-3-14(4-7-16)13-27-20-8-5-15(12-25-20)10-17-11-19(28-26-17)18-2-1-9-24-21(18)23/h1-9,11-12H,10,13H2,(H2,23,24). The van der Waals surface area contributed by atoms with Crippen LogP contribution in [-0.2, 0) is 13.0 Å². The number of benzene rings is 1. The van der Waals surface area contributed by atoms with E-state index in [-0.39, 0.29) is 5.82 Å². The molecule has 0 amide bonds. The van der Waals surface area contributed by atoms with Crippen LogP contribution in [0, 0.1) is 5.82 Å². The Morgan fingerprint density at radius 2 is 1.82 bits per heavy atom. The summed E-state index contributed by atoms with van der Waals surface area (Å²) >= 11 is 0. The number of hydrogen-bond donors (Lipinski definition) is 1. The van der Waals surface area contributed by atoms with Gasteiger partial charge in [-0.3, -0.25) is 0 Å². The van der Waals surface area contributed by atoms with E-state index in [9.17, 15) is 4.39 Å². The van der Waals surface area contributed by atoms with Crippen LogP contribution in [0.15, 0.2) is 71.5 Å². The highest BCUT2D eigenvalue weighted by Gasteiger charge is 2.11. The topological polar surface area (TPSA) is 87.1 Å². The van der Waals surface area contributed by atoms with Gasteiger partial charge < -0.3 is 15.0 Å². The Kier molecular flexibility index (Phi) is 4.97. The van der Waals surface area contributed by atoms with Gasteiger partial charge in [0.25, 0.3) is 0 Å². The minimum atomic E-state index is -0.270. The fraction of sp³-hybridized carbons (Fsp3) is 0.0952. The molecule has 4 aromatic rings. The molecule has 0 aliphatic carbocycles. The first-order valence-corrected chi connectivity index (χ1v) is 8.66. The third kappa shape index (κ3) is 4.15. The van der Waals surface area contributed by atoms with E-state index in [0.29, 0.717) is 36.0 Å². The summed E-state index contributed by atoms with van der Waals surface area (Å²) in [6.07, 6.45) is 3.92. The molecule has 0 saturated heterocycles. The number of hydrogen-bond acceptors (Lipinski definition) is 6. The van der Waals surface area contributed by atoms with Crippen molar-refractivity contribution >= 4 is 5.82 Å². The van der Waals surface area contributed by atoms with Gasteiger partial charge in [0.15, 0.2) is 5.76 Å². The van der Waals surface area contributed by atoms with Crippen molar-refractivity contribution in [1.82, 2.24) is 15.1 Å². The summed E-state index contributed by atoms with van der Waals surface area (Å²) in [4.78, 5) is 8.35. The summed E-state index contributed by atoms with van der Waals surface area (Å²) < 4.78 is 23.9. The largest absolute Gasteiger partial charge is 0.473 e. The molecule has 2 N–H and O–H groups in total.